The zero-order chi connectivity index (χ0) is 23.3. The summed E-state index contributed by atoms with van der Waals surface area (Å²) in [4.78, 5) is 27.8. The molecule has 0 unspecified atom stereocenters. The van der Waals surface area contributed by atoms with Crippen molar-refractivity contribution in [1.82, 2.24) is 10.2 Å². The van der Waals surface area contributed by atoms with Crippen molar-refractivity contribution in [1.29, 1.82) is 0 Å². The summed E-state index contributed by atoms with van der Waals surface area (Å²) in [5.41, 5.74) is 2.37. The molecule has 0 fully saturated rings. The number of carbonyl (C=O) groups is 2. The second-order valence-corrected chi connectivity index (χ2v) is 8.30. The van der Waals surface area contributed by atoms with E-state index in [0.717, 1.165) is 17.5 Å². The Morgan fingerprint density at radius 2 is 1.72 bits per heavy atom. The topological polar surface area (TPSA) is 77.1 Å². The van der Waals surface area contributed by atoms with Crippen LogP contribution in [0.1, 0.15) is 54.2 Å². The minimum Gasteiger partial charge on any atom is -0.493 e. The van der Waals surface area contributed by atoms with Gasteiger partial charge in [-0.3, -0.25) is 9.59 Å². The number of benzene rings is 2. The van der Waals surface area contributed by atoms with Gasteiger partial charge in [0.15, 0.2) is 11.5 Å². The molecule has 2 aromatic rings. The first kappa shape index (κ1) is 23.4. The van der Waals surface area contributed by atoms with Gasteiger partial charge in [0.1, 0.15) is 0 Å². The number of methoxy groups -OCH3 is 3. The molecule has 32 heavy (non-hydrogen) atoms. The maximum Gasteiger partial charge on any atom is 0.255 e. The second kappa shape index (κ2) is 10.4. The van der Waals surface area contributed by atoms with E-state index in [4.69, 9.17) is 14.2 Å². The number of nitrogens with zero attached hydrogens (tertiary/aromatic N) is 1. The van der Waals surface area contributed by atoms with Gasteiger partial charge in [0.05, 0.1) is 33.8 Å². The van der Waals surface area contributed by atoms with Gasteiger partial charge in [0.2, 0.25) is 11.7 Å². The van der Waals surface area contributed by atoms with Crippen molar-refractivity contribution in [3.8, 4) is 17.2 Å². The molecular formula is C25H32N2O5. The van der Waals surface area contributed by atoms with Crippen LogP contribution in [0.3, 0.4) is 0 Å². The molecule has 172 valence electrons. The third kappa shape index (κ3) is 4.98. The van der Waals surface area contributed by atoms with Gasteiger partial charge < -0.3 is 24.4 Å². The number of ether oxygens (including phenoxy) is 3. The summed E-state index contributed by atoms with van der Waals surface area (Å²) in [7, 11) is 4.64. The van der Waals surface area contributed by atoms with Crippen LogP contribution < -0.4 is 19.5 Å². The summed E-state index contributed by atoms with van der Waals surface area (Å²) in [5.74, 6) is 1.74. The smallest absolute Gasteiger partial charge is 0.255 e. The molecule has 1 heterocycles. The first-order chi connectivity index (χ1) is 15.4. The van der Waals surface area contributed by atoms with Crippen molar-refractivity contribution in [3.63, 3.8) is 0 Å². The van der Waals surface area contributed by atoms with Gasteiger partial charge >= 0.3 is 0 Å². The summed E-state index contributed by atoms with van der Waals surface area (Å²) < 4.78 is 16.5. The highest BCUT2D eigenvalue weighted by atomic mass is 16.5. The van der Waals surface area contributed by atoms with Crippen LogP contribution in [0.2, 0.25) is 0 Å². The quantitative estimate of drug-likeness (QED) is 0.605. The van der Waals surface area contributed by atoms with Gasteiger partial charge in [0, 0.05) is 18.7 Å². The predicted molar refractivity (Wildman–Crippen MR) is 122 cm³/mol. The van der Waals surface area contributed by atoms with E-state index in [2.05, 4.69) is 19.2 Å². The molecule has 1 N–H and O–H groups in total. The molecule has 2 aromatic carbocycles. The largest absolute Gasteiger partial charge is 0.493 e. The molecule has 3 rings (SSSR count). The van der Waals surface area contributed by atoms with E-state index < -0.39 is 6.04 Å². The standard InChI is InChI=1S/C25H32N2O5/c1-16(2)10-11-26-23(28)14-20(27-15-17-8-6-7-9-19(17)25(27)29)18-12-21(30-3)24(32-5)22(13-18)31-4/h6-9,12-13,16,20H,10-11,14-15H2,1-5H3,(H,26,28)/t20-/m0/s1. The van der Waals surface area contributed by atoms with E-state index in [1.807, 2.05) is 36.4 Å². The Balaban J connectivity index is 1.96. The van der Waals surface area contributed by atoms with Gasteiger partial charge in [-0.1, -0.05) is 32.0 Å². The Morgan fingerprint density at radius 1 is 1.06 bits per heavy atom. The Labute approximate surface area is 189 Å². The first-order valence-corrected chi connectivity index (χ1v) is 10.8. The molecular weight excluding hydrogens is 408 g/mol. The Hall–Kier alpha value is -3.22. The maximum atomic E-state index is 13.2. The summed E-state index contributed by atoms with van der Waals surface area (Å²) in [6, 6.07) is 10.7. The maximum absolute atomic E-state index is 13.2. The molecule has 1 aliphatic heterocycles. The van der Waals surface area contributed by atoms with Crippen molar-refractivity contribution in [2.75, 3.05) is 27.9 Å². The lowest BCUT2D eigenvalue weighted by Crippen LogP contribution is -2.34. The summed E-state index contributed by atoms with van der Waals surface area (Å²) in [5, 5.41) is 2.99. The van der Waals surface area contributed by atoms with Crippen LogP contribution >= 0.6 is 0 Å². The van der Waals surface area contributed by atoms with E-state index in [-0.39, 0.29) is 18.2 Å². The molecule has 7 heteroatoms. The molecule has 0 spiro atoms. The van der Waals surface area contributed by atoms with E-state index in [1.54, 1.807) is 26.2 Å². The molecule has 2 amide bonds. The van der Waals surface area contributed by atoms with Crippen LogP contribution in [0.15, 0.2) is 36.4 Å². The fraction of sp³-hybridized carbons (Fsp3) is 0.440. The van der Waals surface area contributed by atoms with Crippen LogP contribution in [0.25, 0.3) is 0 Å². The molecule has 0 aromatic heterocycles. The zero-order valence-electron chi connectivity index (χ0n) is 19.4. The van der Waals surface area contributed by atoms with E-state index in [0.29, 0.717) is 41.8 Å². The number of amides is 2. The number of hydrogen-bond acceptors (Lipinski definition) is 5. The fourth-order valence-electron chi connectivity index (χ4n) is 3.98. The number of nitrogens with one attached hydrogen (secondary N) is 1. The Morgan fingerprint density at radius 3 is 2.28 bits per heavy atom. The molecule has 0 saturated carbocycles. The predicted octanol–water partition coefficient (Wildman–Crippen LogP) is 3.96. The highest BCUT2D eigenvalue weighted by Crippen LogP contribution is 2.42. The molecule has 7 nitrogen and oxygen atoms in total. The van der Waals surface area contributed by atoms with E-state index >= 15 is 0 Å². The van der Waals surface area contributed by atoms with Gasteiger partial charge in [-0.2, -0.15) is 0 Å². The number of carbonyl (C=O) groups excluding carboxylic acids is 2. The molecule has 0 radical (unpaired) electrons. The van der Waals surface area contributed by atoms with Gasteiger partial charge in [0.25, 0.3) is 5.91 Å². The lowest BCUT2D eigenvalue weighted by atomic mass is 10.00. The van der Waals surface area contributed by atoms with Crippen molar-refractivity contribution >= 4 is 11.8 Å². The van der Waals surface area contributed by atoms with Crippen molar-refractivity contribution in [3.05, 3.63) is 53.1 Å². The number of fused-ring (bicyclic) bond motifs is 1. The van der Waals surface area contributed by atoms with E-state index in [1.165, 1.54) is 0 Å². The third-order valence-corrected chi connectivity index (χ3v) is 5.72. The normalized spacial score (nSPS) is 13.7. The lowest BCUT2D eigenvalue weighted by Gasteiger charge is -2.29. The highest BCUT2D eigenvalue weighted by molar-refractivity contribution is 5.98. The minimum atomic E-state index is -0.484. The number of rotatable bonds is 10. The van der Waals surface area contributed by atoms with E-state index in [9.17, 15) is 9.59 Å². The van der Waals surface area contributed by atoms with Gasteiger partial charge in [-0.05, 0) is 41.7 Å². The van der Waals surface area contributed by atoms with Gasteiger partial charge in [-0.25, -0.2) is 0 Å². The first-order valence-electron chi connectivity index (χ1n) is 10.8. The molecule has 0 aliphatic carbocycles. The molecule has 0 saturated heterocycles. The SMILES string of the molecule is COc1cc([C@H](CC(=O)NCCC(C)C)N2Cc3ccccc3C2=O)cc(OC)c1OC. The monoisotopic (exact) mass is 440 g/mol. The fourth-order valence-corrected chi connectivity index (χ4v) is 3.98. The van der Waals surface area contributed by atoms with Crippen LogP contribution in [0, 0.1) is 5.92 Å². The van der Waals surface area contributed by atoms with Crippen molar-refractivity contribution in [2.45, 2.75) is 39.3 Å². The van der Waals surface area contributed by atoms with Crippen molar-refractivity contribution in [2.24, 2.45) is 5.92 Å². The third-order valence-electron chi connectivity index (χ3n) is 5.72. The minimum absolute atomic E-state index is 0.0886. The van der Waals surface area contributed by atoms with Gasteiger partial charge in [-0.15, -0.1) is 0 Å². The van der Waals surface area contributed by atoms with Crippen LogP contribution in [-0.4, -0.2) is 44.6 Å². The molecule has 0 bridgehead atoms. The second-order valence-electron chi connectivity index (χ2n) is 8.30. The molecule has 1 atom stereocenters. The van der Waals surface area contributed by atoms with Crippen LogP contribution in [0.4, 0.5) is 0 Å². The summed E-state index contributed by atoms with van der Waals surface area (Å²) in [6.45, 7) is 5.28. The average Bonchev–Trinajstić information content (AvgIpc) is 3.12. The zero-order valence-corrected chi connectivity index (χ0v) is 19.4. The van der Waals surface area contributed by atoms with Crippen molar-refractivity contribution < 1.29 is 23.8 Å². The molecule has 1 aliphatic rings. The summed E-state index contributed by atoms with van der Waals surface area (Å²) >= 11 is 0. The average molecular weight is 441 g/mol. The van der Waals surface area contributed by atoms with Crippen LogP contribution in [0.5, 0.6) is 17.2 Å². The Kier molecular flexibility index (Phi) is 7.62. The lowest BCUT2D eigenvalue weighted by molar-refractivity contribution is -0.122. The highest BCUT2D eigenvalue weighted by Gasteiger charge is 2.35. The van der Waals surface area contributed by atoms with Crippen LogP contribution in [-0.2, 0) is 11.3 Å². The number of hydrogen-bond donors (Lipinski definition) is 1. The summed E-state index contributed by atoms with van der Waals surface area (Å²) in [6.07, 6.45) is 1.03. The Bertz CT molecular complexity index is 948.